The molecular weight excluding hydrogens is 496 g/mol. The number of methoxy groups -OCH3 is 2. The van der Waals surface area contributed by atoms with E-state index in [2.05, 4.69) is 26.6 Å². The van der Waals surface area contributed by atoms with Gasteiger partial charge in [0.1, 0.15) is 10.8 Å². The Balaban J connectivity index is 1.87. The van der Waals surface area contributed by atoms with E-state index in [1.54, 1.807) is 31.2 Å². The number of benzene rings is 2. The highest BCUT2D eigenvalue weighted by atomic mass is 79.9. The van der Waals surface area contributed by atoms with Crippen LogP contribution in [0.2, 0.25) is 0 Å². The van der Waals surface area contributed by atoms with E-state index in [0.717, 1.165) is 21.4 Å². The summed E-state index contributed by atoms with van der Waals surface area (Å²) in [5.41, 5.74) is 1.89. The fourth-order valence-electron chi connectivity index (χ4n) is 3.05. The van der Waals surface area contributed by atoms with Crippen molar-refractivity contribution in [1.82, 2.24) is 0 Å². The zero-order valence-electron chi connectivity index (χ0n) is 17.7. The molecule has 0 aliphatic heterocycles. The number of amides is 2. The maximum Gasteiger partial charge on any atom is 0.341 e. The van der Waals surface area contributed by atoms with Crippen LogP contribution in [0.1, 0.15) is 31.2 Å². The second-order valence-electron chi connectivity index (χ2n) is 6.76. The Morgan fingerprint density at radius 2 is 1.69 bits per heavy atom. The second kappa shape index (κ2) is 10.4. The Hall–Kier alpha value is -3.17. The number of para-hydroxylation sites is 2. The lowest BCUT2D eigenvalue weighted by Gasteiger charge is -2.09. The number of hydrogen-bond acceptors (Lipinski definition) is 6. The van der Waals surface area contributed by atoms with Gasteiger partial charge in [0.05, 0.1) is 36.8 Å². The van der Waals surface area contributed by atoms with E-state index in [0.29, 0.717) is 17.0 Å². The summed E-state index contributed by atoms with van der Waals surface area (Å²) in [5, 5.41) is 5.81. The summed E-state index contributed by atoms with van der Waals surface area (Å²) in [4.78, 5) is 38.3. The van der Waals surface area contributed by atoms with Crippen LogP contribution in [0.5, 0.6) is 5.75 Å². The van der Waals surface area contributed by atoms with Crippen LogP contribution < -0.4 is 15.4 Å². The molecule has 1 heterocycles. The number of carbonyl (C=O) groups is 3. The van der Waals surface area contributed by atoms with E-state index in [-0.39, 0.29) is 27.8 Å². The van der Waals surface area contributed by atoms with Crippen molar-refractivity contribution in [3.63, 3.8) is 0 Å². The summed E-state index contributed by atoms with van der Waals surface area (Å²) < 4.78 is 11.1. The fourth-order valence-corrected chi connectivity index (χ4v) is 4.42. The third kappa shape index (κ3) is 5.35. The highest BCUT2D eigenvalue weighted by molar-refractivity contribution is 9.10. The SMILES string of the molecule is COC(=O)c1c(NC(=O)Cc2ccc(Br)cc2)sc(C(=O)Nc2ccccc2OC)c1C. The van der Waals surface area contributed by atoms with E-state index in [4.69, 9.17) is 9.47 Å². The van der Waals surface area contributed by atoms with Crippen molar-refractivity contribution in [2.45, 2.75) is 13.3 Å². The van der Waals surface area contributed by atoms with Crippen LogP contribution in [-0.2, 0) is 16.0 Å². The number of thiophene rings is 1. The molecule has 0 fully saturated rings. The number of nitrogens with one attached hydrogen (secondary N) is 2. The lowest BCUT2D eigenvalue weighted by atomic mass is 10.1. The minimum atomic E-state index is -0.631. The highest BCUT2D eigenvalue weighted by Gasteiger charge is 2.26. The van der Waals surface area contributed by atoms with E-state index >= 15 is 0 Å². The van der Waals surface area contributed by atoms with Gasteiger partial charge in [-0.05, 0) is 42.3 Å². The van der Waals surface area contributed by atoms with Gasteiger partial charge in [0, 0.05) is 4.47 Å². The number of halogens is 1. The van der Waals surface area contributed by atoms with Gasteiger partial charge in [-0.15, -0.1) is 11.3 Å². The molecule has 0 saturated carbocycles. The fraction of sp³-hybridized carbons (Fsp3) is 0.174. The zero-order valence-corrected chi connectivity index (χ0v) is 20.1. The molecular formula is C23H21BrN2O5S. The Kier molecular flexibility index (Phi) is 7.66. The molecule has 9 heteroatoms. The summed E-state index contributed by atoms with van der Waals surface area (Å²) in [6.07, 6.45) is 0.119. The van der Waals surface area contributed by atoms with Gasteiger partial charge < -0.3 is 20.1 Å². The van der Waals surface area contributed by atoms with Crippen LogP contribution in [0.15, 0.2) is 53.0 Å². The molecule has 3 aromatic rings. The smallest absolute Gasteiger partial charge is 0.341 e. The Labute approximate surface area is 197 Å². The van der Waals surface area contributed by atoms with Crippen LogP contribution in [-0.4, -0.2) is 32.0 Å². The average molecular weight is 517 g/mol. The molecule has 2 aromatic carbocycles. The van der Waals surface area contributed by atoms with Crippen molar-refractivity contribution in [2.75, 3.05) is 24.9 Å². The molecule has 0 unspecified atom stereocenters. The maximum atomic E-state index is 13.0. The van der Waals surface area contributed by atoms with E-state index < -0.39 is 11.9 Å². The molecule has 0 radical (unpaired) electrons. The first-order valence-electron chi connectivity index (χ1n) is 9.54. The minimum Gasteiger partial charge on any atom is -0.495 e. The van der Waals surface area contributed by atoms with E-state index in [9.17, 15) is 14.4 Å². The first-order valence-corrected chi connectivity index (χ1v) is 11.1. The van der Waals surface area contributed by atoms with Crippen LogP contribution in [0.4, 0.5) is 10.7 Å². The first kappa shape index (κ1) is 23.5. The molecule has 32 heavy (non-hydrogen) atoms. The van der Waals surface area contributed by atoms with Gasteiger partial charge in [0.15, 0.2) is 0 Å². The van der Waals surface area contributed by atoms with Crippen molar-refractivity contribution in [1.29, 1.82) is 0 Å². The summed E-state index contributed by atoms with van der Waals surface area (Å²) >= 11 is 4.38. The maximum absolute atomic E-state index is 13.0. The molecule has 0 aliphatic rings. The number of carbonyl (C=O) groups excluding carboxylic acids is 3. The summed E-state index contributed by atoms with van der Waals surface area (Å²) in [7, 11) is 2.76. The van der Waals surface area contributed by atoms with E-state index in [1.165, 1.54) is 14.2 Å². The van der Waals surface area contributed by atoms with Crippen LogP contribution in [0.3, 0.4) is 0 Å². The van der Waals surface area contributed by atoms with Gasteiger partial charge >= 0.3 is 5.97 Å². The quantitative estimate of drug-likeness (QED) is 0.428. The predicted molar refractivity (Wildman–Crippen MR) is 128 cm³/mol. The van der Waals surface area contributed by atoms with Gasteiger partial charge in [-0.25, -0.2) is 4.79 Å². The second-order valence-corrected chi connectivity index (χ2v) is 8.69. The normalized spacial score (nSPS) is 10.4. The number of anilines is 2. The summed E-state index contributed by atoms with van der Waals surface area (Å²) in [6, 6.07) is 14.3. The van der Waals surface area contributed by atoms with Gasteiger partial charge in [0.2, 0.25) is 5.91 Å². The van der Waals surface area contributed by atoms with Crippen molar-refractivity contribution < 1.29 is 23.9 Å². The van der Waals surface area contributed by atoms with Gasteiger partial charge in [-0.1, -0.05) is 40.2 Å². The number of rotatable bonds is 7. The largest absolute Gasteiger partial charge is 0.495 e. The molecule has 0 bridgehead atoms. The lowest BCUT2D eigenvalue weighted by molar-refractivity contribution is -0.115. The van der Waals surface area contributed by atoms with Gasteiger partial charge in [-0.2, -0.15) is 0 Å². The van der Waals surface area contributed by atoms with Crippen LogP contribution >= 0.6 is 27.3 Å². The van der Waals surface area contributed by atoms with Crippen molar-refractivity contribution in [3.8, 4) is 5.75 Å². The van der Waals surface area contributed by atoms with Crippen molar-refractivity contribution in [3.05, 3.63) is 74.6 Å². The molecule has 166 valence electrons. The molecule has 0 spiro atoms. The molecule has 2 amide bonds. The molecule has 2 N–H and O–H groups in total. The van der Waals surface area contributed by atoms with Crippen molar-refractivity contribution in [2.24, 2.45) is 0 Å². The highest BCUT2D eigenvalue weighted by Crippen LogP contribution is 2.35. The predicted octanol–water partition coefficient (Wildman–Crippen LogP) is 5.05. The standard InChI is InChI=1S/C23H21BrN2O5S/c1-13-19(23(29)31-3)22(26-18(27)12-14-8-10-15(24)11-9-14)32-20(13)21(28)25-16-6-4-5-7-17(16)30-2/h4-11H,12H2,1-3H3,(H,25,28)(H,26,27). The molecule has 1 aromatic heterocycles. The summed E-state index contributed by atoms with van der Waals surface area (Å²) in [5.74, 6) is -0.855. The number of hydrogen-bond donors (Lipinski definition) is 2. The van der Waals surface area contributed by atoms with Crippen LogP contribution in [0.25, 0.3) is 0 Å². The Bertz CT molecular complexity index is 1160. The number of ether oxygens (including phenoxy) is 2. The zero-order chi connectivity index (χ0) is 23.3. The average Bonchev–Trinajstić information content (AvgIpc) is 3.10. The molecule has 0 atom stereocenters. The summed E-state index contributed by atoms with van der Waals surface area (Å²) in [6.45, 7) is 1.64. The minimum absolute atomic E-state index is 0.119. The van der Waals surface area contributed by atoms with Gasteiger partial charge in [0.25, 0.3) is 5.91 Å². The molecule has 0 saturated heterocycles. The van der Waals surface area contributed by atoms with Crippen LogP contribution in [0, 0.1) is 6.92 Å². The molecule has 3 rings (SSSR count). The molecule has 0 aliphatic carbocycles. The third-order valence-electron chi connectivity index (χ3n) is 4.63. The Morgan fingerprint density at radius 3 is 2.34 bits per heavy atom. The van der Waals surface area contributed by atoms with E-state index in [1.807, 2.05) is 24.3 Å². The lowest BCUT2D eigenvalue weighted by Crippen LogP contribution is -2.16. The Morgan fingerprint density at radius 1 is 1.00 bits per heavy atom. The van der Waals surface area contributed by atoms with Gasteiger partial charge in [-0.3, -0.25) is 9.59 Å². The molecule has 7 nitrogen and oxygen atoms in total. The topological polar surface area (TPSA) is 93.7 Å². The monoisotopic (exact) mass is 516 g/mol. The first-order chi connectivity index (χ1) is 15.3. The number of esters is 1. The third-order valence-corrected chi connectivity index (χ3v) is 6.36. The van der Waals surface area contributed by atoms with Crippen molar-refractivity contribution >= 4 is 55.7 Å².